The van der Waals surface area contributed by atoms with E-state index in [0.717, 1.165) is 53.3 Å². The molecule has 4 rings (SSSR count). The van der Waals surface area contributed by atoms with Crippen LogP contribution in [-0.2, 0) is 4.74 Å². The number of likely N-dealkylation sites (N-methyl/N-ethyl adjacent to an activating group) is 1. The molecule has 0 spiro atoms. The first-order chi connectivity index (χ1) is 14.5. The Labute approximate surface area is 189 Å². The Morgan fingerprint density at radius 3 is 2.67 bits per heavy atom. The van der Waals surface area contributed by atoms with Gasteiger partial charge in [-0.2, -0.15) is 5.10 Å². The number of anilines is 1. The second-order valence-corrected chi connectivity index (χ2v) is 9.13. The molecule has 1 atom stereocenters. The van der Waals surface area contributed by atoms with Gasteiger partial charge in [-0.3, -0.25) is 5.10 Å². The van der Waals surface area contributed by atoms with E-state index in [0.29, 0.717) is 18.2 Å². The molecule has 1 N–H and O–H groups in total. The predicted molar refractivity (Wildman–Crippen MR) is 123 cm³/mol. The second kappa shape index (κ2) is 9.60. The van der Waals surface area contributed by atoms with E-state index >= 15 is 0 Å². The largest absolute Gasteiger partial charge is 0.372 e. The van der Waals surface area contributed by atoms with Crippen LogP contribution in [0.2, 0.25) is 5.02 Å². The van der Waals surface area contributed by atoms with Crippen LogP contribution in [0, 0.1) is 5.92 Å². The van der Waals surface area contributed by atoms with Crippen molar-refractivity contribution in [2.75, 3.05) is 45.2 Å². The maximum Gasteiger partial charge on any atom is 0.187 e. The number of nitrogens with zero attached hydrogens (tertiary/aromatic N) is 5. The van der Waals surface area contributed by atoms with Crippen molar-refractivity contribution in [3.63, 3.8) is 0 Å². The highest BCUT2D eigenvalue weighted by atomic mass is 79.9. The van der Waals surface area contributed by atoms with Crippen LogP contribution in [-0.4, -0.2) is 65.4 Å². The van der Waals surface area contributed by atoms with Gasteiger partial charge in [-0.15, -0.1) is 0 Å². The molecule has 0 saturated carbocycles. The number of fused-ring (bicyclic) bond motifs is 1. The number of piperidine rings is 1. The van der Waals surface area contributed by atoms with E-state index in [9.17, 15) is 0 Å². The van der Waals surface area contributed by atoms with Gasteiger partial charge >= 0.3 is 0 Å². The van der Waals surface area contributed by atoms with Gasteiger partial charge in [0.25, 0.3) is 0 Å². The summed E-state index contributed by atoms with van der Waals surface area (Å²) >= 11 is 9.64. The molecule has 7 nitrogen and oxygen atoms in total. The van der Waals surface area contributed by atoms with Crippen LogP contribution in [0.5, 0.6) is 0 Å². The summed E-state index contributed by atoms with van der Waals surface area (Å²) in [5.41, 5.74) is 1.87. The summed E-state index contributed by atoms with van der Waals surface area (Å²) in [4.78, 5) is 13.3. The third kappa shape index (κ3) is 4.77. The Morgan fingerprint density at radius 1 is 1.23 bits per heavy atom. The maximum atomic E-state index is 6.38. The number of hydrogen-bond donors (Lipinski definition) is 1. The monoisotopic (exact) mass is 492 g/mol. The minimum atomic E-state index is 0.0652. The number of hydrogen-bond acceptors (Lipinski definition) is 6. The van der Waals surface area contributed by atoms with Crippen LogP contribution >= 0.6 is 27.5 Å². The number of benzene rings is 1. The first-order valence-corrected chi connectivity index (χ1v) is 11.3. The summed E-state index contributed by atoms with van der Waals surface area (Å²) < 4.78 is 7.21. The normalized spacial score (nSPS) is 16.5. The van der Waals surface area contributed by atoms with Crippen molar-refractivity contribution < 1.29 is 4.74 Å². The number of aromatic amines is 1. The number of aromatic nitrogens is 4. The molecule has 0 aliphatic carbocycles. The van der Waals surface area contributed by atoms with Crippen molar-refractivity contribution in [1.82, 2.24) is 25.1 Å². The minimum absolute atomic E-state index is 0.0652. The Bertz CT molecular complexity index is 971. The van der Waals surface area contributed by atoms with E-state index in [1.54, 1.807) is 6.33 Å². The van der Waals surface area contributed by atoms with Gasteiger partial charge in [-0.25, -0.2) is 9.97 Å². The summed E-state index contributed by atoms with van der Waals surface area (Å²) in [5.74, 6) is 1.37. The van der Waals surface area contributed by atoms with Gasteiger partial charge < -0.3 is 14.5 Å². The molecule has 2 aromatic heterocycles. The van der Waals surface area contributed by atoms with Gasteiger partial charge in [0, 0.05) is 24.7 Å². The molecule has 3 aromatic rings. The van der Waals surface area contributed by atoms with Gasteiger partial charge in [-0.05, 0) is 66.5 Å². The topological polar surface area (TPSA) is 70.2 Å². The SMILES string of the molecule is CN(C)CCO[C@@H](c1ccc(Cl)cc1)C1CCN(c2ncnc3n[nH]c(Br)c23)CC1. The number of nitrogens with one attached hydrogen (secondary N) is 1. The molecule has 3 heterocycles. The molecular formula is C21H26BrClN6O. The fourth-order valence-electron chi connectivity index (χ4n) is 3.98. The smallest absolute Gasteiger partial charge is 0.187 e. The Kier molecular flexibility index (Phi) is 6.87. The van der Waals surface area contributed by atoms with Crippen molar-refractivity contribution in [2.24, 2.45) is 5.92 Å². The molecule has 0 radical (unpaired) electrons. The Morgan fingerprint density at radius 2 is 1.97 bits per heavy atom. The number of rotatable bonds is 7. The molecule has 9 heteroatoms. The first kappa shape index (κ1) is 21.5. The van der Waals surface area contributed by atoms with E-state index in [-0.39, 0.29) is 6.10 Å². The highest BCUT2D eigenvalue weighted by Gasteiger charge is 2.30. The molecular weight excluding hydrogens is 468 g/mol. The minimum Gasteiger partial charge on any atom is -0.372 e. The van der Waals surface area contributed by atoms with Gasteiger partial charge in [0.1, 0.15) is 16.7 Å². The summed E-state index contributed by atoms with van der Waals surface area (Å²) in [5, 5.41) is 8.86. The molecule has 1 saturated heterocycles. The fraction of sp³-hybridized carbons (Fsp3) is 0.476. The molecule has 160 valence electrons. The molecule has 30 heavy (non-hydrogen) atoms. The molecule has 0 unspecified atom stereocenters. The van der Waals surface area contributed by atoms with Crippen molar-refractivity contribution in [3.8, 4) is 0 Å². The van der Waals surface area contributed by atoms with Crippen molar-refractivity contribution in [3.05, 3.63) is 45.8 Å². The summed E-state index contributed by atoms with van der Waals surface area (Å²) in [6.45, 7) is 3.43. The standard InChI is InChI=1S/C21H26BrClN6O/c1-28(2)11-12-30-18(14-3-5-16(23)6-4-14)15-7-9-29(10-8-15)21-17-19(22)26-27-20(17)24-13-25-21/h3-6,13,15,18H,7-12H2,1-2H3,(H,24,25,26,27)/t18-/m0/s1. The zero-order valence-electron chi connectivity index (χ0n) is 17.2. The molecule has 0 amide bonds. The number of ether oxygens (including phenoxy) is 1. The van der Waals surface area contributed by atoms with E-state index in [1.807, 2.05) is 12.1 Å². The van der Waals surface area contributed by atoms with Crippen molar-refractivity contribution in [2.45, 2.75) is 18.9 Å². The lowest BCUT2D eigenvalue weighted by atomic mass is 9.87. The van der Waals surface area contributed by atoms with Crippen LogP contribution in [0.1, 0.15) is 24.5 Å². The van der Waals surface area contributed by atoms with Gasteiger partial charge in [-0.1, -0.05) is 23.7 Å². The summed E-state index contributed by atoms with van der Waals surface area (Å²) in [6.07, 6.45) is 3.69. The van der Waals surface area contributed by atoms with Crippen LogP contribution in [0.25, 0.3) is 11.0 Å². The predicted octanol–water partition coefficient (Wildman–Crippen LogP) is 4.30. The summed E-state index contributed by atoms with van der Waals surface area (Å²) in [7, 11) is 4.13. The number of halogens is 2. The van der Waals surface area contributed by atoms with E-state index in [4.69, 9.17) is 16.3 Å². The van der Waals surface area contributed by atoms with Crippen molar-refractivity contribution in [1.29, 1.82) is 0 Å². The molecule has 1 aliphatic rings. The van der Waals surface area contributed by atoms with E-state index in [2.05, 4.69) is 72.1 Å². The Balaban J connectivity index is 1.49. The third-order valence-electron chi connectivity index (χ3n) is 5.59. The zero-order valence-corrected chi connectivity index (χ0v) is 19.5. The van der Waals surface area contributed by atoms with E-state index < -0.39 is 0 Å². The van der Waals surface area contributed by atoms with Crippen molar-refractivity contribution >= 4 is 44.4 Å². The Hall–Kier alpha value is -1.74. The van der Waals surface area contributed by atoms with Gasteiger partial charge in [0.2, 0.25) is 0 Å². The zero-order chi connectivity index (χ0) is 21.1. The van der Waals surface area contributed by atoms with Gasteiger partial charge in [0.15, 0.2) is 5.65 Å². The van der Waals surface area contributed by atoms with Gasteiger partial charge in [0.05, 0.1) is 18.1 Å². The van der Waals surface area contributed by atoms with E-state index in [1.165, 1.54) is 5.56 Å². The van der Waals surface area contributed by atoms with Crippen LogP contribution in [0.15, 0.2) is 35.2 Å². The first-order valence-electron chi connectivity index (χ1n) is 10.1. The molecule has 1 fully saturated rings. The second-order valence-electron chi connectivity index (χ2n) is 7.90. The third-order valence-corrected chi connectivity index (χ3v) is 6.41. The lowest BCUT2D eigenvalue weighted by Crippen LogP contribution is -2.37. The highest BCUT2D eigenvalue weighted by molar-refractivity contribution is 9.10. The number of H-pyrrole nitrogens is 1. The molecule has 0 bridgehead atoms. The fourth-order valence-corrected chi connectivity index (χ4v) is 4.55. The quantitative estimate of drug-likeness (QED) is 0.529. The lowest BCUT2D eigenvalue weighted by molar-refractivity contribution is -0.00305. The van der Waals surface area contributed by atoms with Crippen LogP contribution in [0.3, 0.4) is 0 Å². The van der Waals surface area contributed by atoms with Crippen LogP contribution in [0.4, 0.5) is 5.82 Å². The average Bonchev–Trinajstić information content (AvgIpc) is 3.13. The summed E-state index contributed by atoms with van der Waals surface area (Å²) in [6, 6.07) is 8.07. The molecule has 1 aromatic carbocycles. The highest BCUT2D eigenvalue weighted by Crippen LogP contribution is 2.37. The van der Waals surface area contributed by atoms with Crippen LogP contribution < -0.4 is 4.90 Å². The average molecular weight is 494 g/mol. The maximum absolute atomic E-state index is 6.38. The molecule has 1 aliphatic heterocycles. The lowest BCUT2D eigenvalue weighted by Gasteiger charge is -2.37.